The fourth-order valence-electron chi connectivity index (χ4n) is 4.75. The molecule has 0 saturated carbocycles. The highest BCUT2D eigenvalue weighted by molar-refractivity contribution is 7.92. The van der Waals surface area contributed by atoms with E-state index in [2.05, 4.69) is 0 Å². The van der Waals surface area contributed by atoms with Gasteiger partial charge in [0.05, 0.1) is 22.1 Å². The van der Waals surface area contributed by atoms with Gasteiger partial charge in [-0.25, -0.2) is 8.42 Å². The van der Waals surface area contributed by atoms with Gasteiger partial charge in [0.15, 0.2) is 15.6 Å². The number of hydrogen-bond donors (Lipinski definition) is 0. The fourth-order valence-corrected chi connectivity index (χ4v) is 7.23. The Morgan fingerprint density at radius 2 is 1.96 bits per heavy atom. The third kappa shape index (κ3) is 2.53. The van der Waals surface area contributed by atoms with E-state index in [1.807, 2.05) is 19.0 Å². The molecule has 0 bridgehead atoms. The zero-order chi connectivity index (χ0) is 18.8. The van der Waals surface area contributed by atoms with E-state index in [0.29, 0.717) is 42.0 Å². The van der Waals surface area contributed by atoms with Gasteiger partial charge in [-0.05, 0) is 27.4 Å². The molecule has 3 heterocycles. The summed E-state index contributed by atoms with van der Waals surface area (Å²) in [5.41, 5.74) is 0.756. The van der Waals surface area contributed by atoms with Crippen molar-refractivity contribution in [3.8, 4) is 0 Å². The molecule has 2 aliphatic heterocycles. The molecule has 8 heteroatoms. The Labute approximate surface area is 153 Å². The number of ketones is 1. The van der Waals surface area contributed by atoms with Crippen LogP contribution < -0.4 is 0 Å². The molecule has 0 aromatic carbocycles. The van der Waals surface area contributed by atoms with E-state index in [4.69, 9.17) is 4.42 Å². The second-order valence-corrected chi connectivity index (χ2v) is 10.1. The minimum absolute atomic E-state index is 0.0513. The second-order valence-electron chi connectivity index (χ2n) is 7.88. The van der Waals surface area contributed by atoms with Crippen molar-refractivity contribution in [3.05, 3.63) is 22.6 Å². The number of hydrogen-bond acceptors (Lipinski definition) is 6. The summed E-state index contributed by atoms with van der Waals surface area (Å²) in [5, 5.41) is -0.516. The van der Waals surface area contributed by atoms with E-state index < -0.39 is 15.1 Å². The van der Waals surface area contributed by atoms with Crippen molar-refractivity contribution in [2.45, 2.75) is 37.5 Å². The van der Waals surface area contributed by atoms with Gasteiger partial charge in [-0.1, -0.05) is 0 Å². The highest BCUT2D eigenvalue weighted by atomic mass is 32.2. The van der Waals surface area contributed by atoms with E-state index in [-0.39, 0.29) is 35.9 Å². The van der Waals surface area contributed by atoms with Crippen molar-refractivity contribution in [2.75, 3.05) is 32.9 Å². The van der Waals surface area contributed by atoms with Crippen LogP contribution in [-0.2, 0) is 16.3 Å². The fraction of sp³-hybridized carbons (Fsp3) is 0.667. The Balaban J connectivity index is 1.66. The molecule has 1 aromatic rings. The predicted octanol–water partition coefficient (Wildman–Crippen LogP) is 0.906. The zero-order valence-corrected chi connectivity index (χ0v) is 16.1. The molecule has 3 aliphatic rings. The van der Waals surface area contributed by atoms with Gasteiger partial charge < -0.3 is 14.2 Å². The first-order valence-corrected chi connectivity index (χ1v) is 10.7. The highest BCUT2D eigenvalue weighted by Crippen LogP contribution is 2.38. The molecule has 2 saturated heterocycles. The van der Waals surface area contributed by atoms with E-state index >= 15 is 0 Å². The van der Waals surface area contributed by atoms with Crippen molar-refractivity contribution in [2.24, 2.45) is 5.92 Å². The van der Waals surface area contributed by atoms with Crippen molar-refractivity contribution in [1.82, 2.24) is 9.80 Å². The number of fused-ring (bicyclic) bond motifs is 2. The van der Waals surface area contributed by atoms with E-state index in [1.54, 1.807) is 11.8 Å². The van der Waals surface area contributed by atoms with Crippen LogP contribution in [0.3, 0.4) is 0 Å². The van der Waals surface area contributed by atoms with Crippen molar-refractivity contribution < 1.29 is 22.4 Å². The van der Waals surface area contributed by atoms with Gasteiger partial charge >= 0.3 is 0 Å². The third-order valence-electron chi connectivity index (χ3n) is 6.08. The van der Waals surface area contributed by atoms with Crippen LogP contribution in [0, 0.1) is 12.8 Å². The van der Waals surface area contributed by atoms with E-state index in [1.165, 1.54) is 0 Å². The molecule has 0 spiro atoms. The molecule has 0 radical (unpaired) electrons. The largest absolute Gasteiger partial charge is 0.465 e. The number of rotatable bonds is 2. The van der Waals surface area contributed by atoms with Gasteiger partial charge in [0.2, 0.25) is 0 Å². The molecule has 1 aliphatic carbocycles. The van der Waals surface area contributed by atoms with Crippen LogP contribution in [0.1, 0.15) is 45.1 Å². The Morgan fingerprint density at radius 1 is 1.23 bits per heavy atom. The monoisotopic (exact) mass is 380 g/mol. The SMILES string of the molecule is Cc1oc2c(c1C(=O)N1C[C@H]3[C@H](N(C)C)CS(=O)(=O)[C@H]3C1)C(=O)CCC2. The Hall–Kier alpha value is -1.67. The van der Waals surface area contributed by atoms with Gasteiger partial charge in [0.1, 0.15) is 11.5 Å². The number of aryl methyl sites for hydroxylation is 2. The van der Waals surface area contributed by atoms with E-state index in [0.717, 1.165) is 6.42 Å². The lowest BCUT2D eigenvalue weighted by molar-refractivity contribution is 0.0772. The summed E-state index contributed by atoms with van der Waals surface area (Å²) >= 11 is 0. The van der Waals surface area contributed by atoms with Crippen LogP contribution in [0.4, 0.5) is 0 Å². The summed E-state index contributed by atoms with van der Waals surface area (Å²) in [6, 6.07) is -0.0798. The molecule has 1 aromatic heterocycles. The van der Waals surface area contributed by atoms with Crippen LogP contribution in [0.15, 0.2) is 4.42 Å². The van der Waals surface area contributed by atoms with Crippen LogP contribution >= 0.6 is 0 Å². The average Bonchev–Trinajstić information content (AvgIpc) is 3.19. The standard InChI is InChI=1S/C18H24N2O5S/c1-10-16(17-13(21)5-4-6-14(17)25-10)18(22)20-7-11-12(19(2)3)9-26(23,24)15(11)8-20/h11-12,15H,4-9H2,1-3H3/t11-,12+,15-/m0/s1. The number of carbonyl (C=O) groups is 2. The number of Topliss-reactive ketones (excluding diaryl/α,β-unsaturated/α-hetero) is 1. The summed E-state index contributed by atoms with van der Waals surface area (Å²) in [6.07, 6.45) is 1.83. The van der Waals surface area contributed by atoms with Gasteiger partial charge in [-0.2, -0.15) is 0 Å². The number of amides is 1. The van der Waals surface area contributed by atoms with E-state index in [9.17, 15) is 18.0 Å². The average molecular weight is 380 g/mol. The van der Waals surface area contributed by atoms with Gasteiger partial charge in [0, 0.05) is 37.9 Å². The Bertz CT molecular complexity index is 886. The van der Waals surface area contributed by atoms with Crippen LogP contribution in [-0.4, -0.2) is 74.1 Å². The highest BCUT2D eigenvalue weighted by Gasteiger charge is 2.54. The number of nitrogens with zero attached hydrogens (tertiary/aromatic N) is 2. The molecule has 2 fully saturated rings. The first-order valence-electron chi connectivity index (χ1n) is 9.03. The first kappa shape index (κ1) is 17.7. The minimum atomic E-state index is -3.22. The quantitative estimate of drug-likeness (QED) is 0.758. The molecule has 142 valence electrons. The maximum atomic E-state index is 13.2. The topological polar surface area (TPSA) is 87.9 Å². The maximum Gasteiger partial charge on any atom is 0.258 e. The lowest BCUT2D eigenvalue weighted by Crippen LogP contribution is -2.39. The first-order chi connectivity index (χ1) is 12.2. The smallest absolute Gasteiger partial charge is 0.258 e. The molecule has 3 atom stereocenters. The molecule has 7 nitrogen and oxygen atoms in total. The maximum absolute atomic E-state index is 13.2. The summed E-state index contributed by atoms with van der Waals surface area (Å²) in [5.74, 6) is 0.794. The molecular weight excluding hydrogens is 356 g/mol. The molecular formula is C18H24N2O5S. The van der Waals surface area contributed by atoms with Gasteiger partial charge in [0.25, 0.3) is 5.91 Å². The van der Waals surface area contributed by atoms with Crippen molar-refractivity contribution in [3.63, 3.8) is 0 Å². The number of carbonyl (C=O) groups excluding carboxylic acids is 2. The summed E-state index contributed by atoms with van der Waals surface area (Å²) in [6.45, 7) is 2.30. The number of likely N-dealkylation sites (tertiary alicyclic amines) is 1. The Morgan fingerprint density at radius 3 is 2.65 bits per heavy atom. The van der Waals surface area contributed by atoms with Gasteiger partial charge in [-0.3, -0.25) is 9.59 Å². The van der Waals surface area contributed by atoms with Gasteiger partial charge in [-0.15, -0.1) is 0 Å². The lowest BCUT2D eigenvalue weighted by atomic mass is 9.93. The minimum Gasteiger partial charge on any atom is -0.465 e. The molecule has 0 unspecified atom stereocenters. The molecule has 0 N–H and O–H groups in total. The zero-order valence-electron chi connectivity index (χ0n) is 15.3. The van der Waals surface area contributed by atoms with Crippen LogP contribution in [0.2, 0.25) is 0 Å². The summed E-state index contributed by atoms with van der Waals surface area (Å²) in [4.78, 5) is 29.1. The molecule has 26 heavy (non-hydrogen) atoms. The van der Waals surface area contributed by atoms with Crippen molar-refractivity contribution >= 4 is 21.5 Å². The Kier molecular flexibility index (Phi) is 4.04. The summed E-state index contributed by atoms with van der Waals surface area (Å²) < 4.78 is 30.7. The number of furan rings is 1. The third-order valence-corrected chi connectivity index (χ3v) is 8.30. The molecule has 4 rings (SSSR count). The van der Waals surface area contributed by atoms with Crippen LogP contribution in [0.25, 0.3) is 0 Å². The number of sulfone groups is 1. The lowest BCUT2D eigenvalue weighted by Gasteiger charge is -2.25. The van der Waals surface area contributed by atoms with Crippen LogP contribution in [0.5, 0.6) is 0 Å². The predicted molar refractivity (Wildman–Crippen MR) is 95.2 cm³/mol. The second kappa shape index (κ2) is 5.92. The normalized spacial score (nSPS) is 29.9. The summed E-state index contributed by atoms with van der Waals surface area (Å²) in [7, 11) is 0.537. The molecule has 1 amide bonds. The van der Waals surface area contributed by atoms with Crippen molar-refractivity contribution in [1.29, 1.82) is 0 Å².